The maximum absolute atomic E-state index is 5.47. The third kappa shape index (κ3) is 2.53. The SMILES string of the molecule is CC.Cc1ncnc(N)c1C. The lowest BCUT2D eigenvalue weighted by molar-refractivity contribution is 1.07. The number of aromatic nitrogens is 2. The van der Waals surface area contributed by atoms with E-state index < -0.39 is 0 Å². The summed E-state index contributed by atoms with van der Waals surface area (Å²) in [7, 11) is 0. The number of anilines is 1. The molecule has 0 saturated carbocycles. The first-order chi connectivity index (χ1) is 5.22. The Kier molecular flexibility index (Phi) is 4.18. The minimum atomic E-state index is 0.572. The van der Waals surface area contributed by atoms with Gasteiger partial charge in [0, 0.05) is 11.3 Å². The molecule has 0 aliphatic heterocycles. The fourth-order valence-electron chi connectivity index (χ4n) is 0.557. The van der Waals surface area contributed by atoms with Crippen LogP contribution < -0.4 is 5.73 Å². The molecule has 1 heterocycles. The number of nitrogens with two attached hydrogens (primary N) is 1. The standard InChI is InChI=1S/C6H9N3.C2H6/c1-4-5(2)8-3-9-6(4)7;1-2/h3H,1-2H3,(H2,7,8,9);1-2H3. The largest absolute Gasteiger partial charge is 0.383 e. The second-order valence-corrected chi connectivity index (χ2v) is 1.97. The van der Waals surface area contributed by atoms with Crippen molar-refractivity contribution in [2.24, 2.45) is 0 Å². The molecule has 0 aromatic carbocycles. The number of hydrogen-bond donors (Lipinski definition) is 1. The summed E-state index contributed by atoms with van der Waals surface area (Å²) in [5, 5.41) is 0. The molecule has 1 rings (SSSR count). The van der Waals surface area contributed by atoms with Crippen LogP contribution in [-0.4, -0.2) is 9.97 Å². The van der Waals surface area contributed by atoms with Crippen molar-refractivity contribution >= 4 is 5.82 Å². The van der Waals surface area contributed by atoms with E-state index in [0.717, 1.165) is 11.3 Å². The predicted octanol–water partition coefficient (Wildman–Crippen LogP) is 1.70. The molecule has 0 spiro atoms. The van der Waals surface area contributed by atoms with Gasteiger partial charge in [0.15, 0.2) is 0 Å². The summed E-state index contributed by atoms with van der Waals surface area (Å²) in [6.45, 7) is 7.82. The van der Waals surface area contributed by atoms with Gasteiger partial charge in [-0.05, 0) is 13.8 Å². The van der Waals surface area contributed by atoms with Crippen LogP contribution in [-0.2, 0) is 0 Å². The Morgan fingerprint density at radius 2 is 1.73 bits per heavy atom. The average Bonchev–Trinajstić information content (AvgIpc) is 2.04. The first-order valence-electron chi connectivity index (χ1n) is 3.75. The fourth-order valence-corrected chi connectivity index (χ4v) is 0.557. The molecule has 0 radical (unpaired) electrons. The van der Waals surface area contributed by atoms with Crippen molar-refractivity contribution in [3.05, 3.63) is 17.6 Å². The first-order valence-corrected chi connectivity index (χ1v) is 3.75. The molecule has 0 aliphatic carbocycles. The van der Waals surface area contributed by atoms with Crippen molar-refractivity contribution in [1.29, 1.82) is 0 Å². The van der Waals surface area contributed by atoms with E-state index in [9.17, 15) is 0 Å². The van der Waals surface area contributed by atoms with Gasteiger partial charge < -0.3 is 5.73 Å². The van der Waals surface area contributed by atoms with Crippen LogP contribution in [0.1, 0.15) is 25.1 Å². The molecule has 0 unspecified atom stereocenters. The van der Waals surface area contributed by atoms with Crippen molar-refractivity contribution in [3.8, 4) is 0 Å². The number of aryl methyl sites for hydroxylation is 1. The van der Waals surface area contributed by atoms with Gasteiger partial charge in [-0.3, -0.25) is 0 Å². The molecule has 11 heavy (non-hydrogen) atoms. The van der Waals surface area contributed by atoms with E-state index in [2.05, 4.69) is 9.97 Å². The second kappa shape index (κ2) is 4.66. The highest BCUT2D eigenvalue weighted by molar-refractivity contribution is 5.38. The zero-order valence-electron chi connectivity index (χ0n) is 7.55. The average molecular weight is 153 g/mol. The second-order valence-electron chi connectivity index (χ2n) is 1.97. The van der Waals surface area contributed by atoms with E-state index in [0.29, 0.717) is 5.82 Å². The van der Waals surface area contributed by atoms with Gasteiger partial charge in [-0.25, -0.2) is 9.97 Å². The Labute approximate surface area is 67.7 Å². The van der Waals surface area contributed by atoms with Crippen molar-refractivity contribution in [2.75, 3.05) is 5.73 Å². The van der Waals surface area contributed by atoms with Gasteiger partial charge >= 0.3 is 0 Å². The van der Waals surface area contributed by atoms with E-state index >= 15 is 0 Å². The van der Waals surface area contributed by atoms with E-state index in [4.69, 9.17) is 5.73 Å². The molecule has 3 nitrogen and oxygen atoms in total. The molecule has 0 fully saturated rings. The third-order valence-electron chi connectivity index (χ3n) is 1.38. The lowest BCUT2D eigenvalue weighted by Crippen LogP contribution is -1.97. The third-order valence-corrected chi connectivity index (χ3v) is 1.38. The van der Waals surface area contributed by atoms with Crippen molar-refractivity contribution < 1.29 is 0 Å². The summed E-state index contributed by atoms with van der Waals surface area (Å²) in [5.74, 6) is 0.572. The van der Waals surface area contributed by atoms with E-state index in [1.165, 1.54) is 6.33 Å². The highest BCUT2D eigenvalue weighted by Gasteiger charge is 1.95. The van der Waals surface area contributed by atoms with Gasteiger partial charge in [0.05, 0.1) is 0 Å². The lowest BCUT2D eigenvalue weighted by atomic mass is 10.2. The molecule has 1 aromatic heterocycles. The van der Waals surface area contributed by atoms with E-state index in [1.807, 2.05) is 27.7 Å². The van der Waals surface area contributed by atoms with Crippen LogP contribution in [0.5, 0.6) is 0 Å². The lowest BCUT2D eigenvalue weighted by Gasteiger charge is -1.98. The van der Waals surface area contributed by atoms with Crippen LogP contribution in [0.25, 0.3) is 0 Å². The normalized spacial score (nSPS) is 8.36. The van der Waals surface area contributed by atoms with Gasteiger partial charge in [0.25, 0.3) is 0 Å². The molecule has 0 atom stereocenters. The number of nitrogens with zero attached hydrogens (tertiary/aromatic N) is 2. The highest BCUT2D eigenvalue weighted by atomic mass is 14.9. The molecule has 0 saturated heterocycles. The molecule has 3 heteroatoms. The molecule has 0 amide bonds. The van der Waals surface area contributed by atoms with Crippen LogP contribution in [0.15, 0.2) is 6.33 Å². The Morgan fingerprint density at radius 1 is 1.18 bits per heavy atom. The Hall–Kier alpha value is -1.12. The van der Waals surface area contributed by atoms with Gasteiger partial charge in [0.2, 0.25) is 0 Å². The maximum Gasteiger partial charge on any atom is 0.129 e. The van der Waals surface area contributed by atoms with Crippen LogP contribution in [0.4, 0.5) is 5.82 Å². The van der Waals surface area contributed by atoms with Gasteiger partial charge in [-0.2, -0.15) is 0 Å². The van der Waals surface area contributed by atoms with Crippen molar-refractivity contribution in [1.82, 2.24) is 9.97 Å². The summed E-state index contributed by atoms with van der Waals surface area (Å²) in [6.07, 6.45) is 1.47. The van der Waals surface area contributed by atoms with Gasteiger partial charge in [-0.15, -0.1) is 0 Å². The summed E-state index contributed by atoms with van der Waals surface area (Å²) in [5.41, 5.74) is 7.39. The smallest absolute Gasteiger partial charge is 0.129 e. The van der Waals surface area contributed by atoms with Crippen LogP contribution in [0.2, 0.25) is 0 Å². The Balaban J connectivity index is 0.000000461. The quantitative estimate of drug-likeness (QED) is 0.617. The minimum absolute atomic E-state index is 0.572. The number of hydrogen-bond acceptors (Lipinski definition) is 3. The Bertz CT molecular complexity index is 200. The van der Waals surface area contributed by atoms with Gasteiger partial charge in [0.1, 0.15) is 12.1 Å². The summed E-state index contributed by atoms with van der Waals surface area (Å²) >= 11 is 0. The first kappa shape index (κ1) is 9.88. The minimum Gasteiger partial charge on any atom is -0.383 e. The molecular weight excluding hydrogens is 138 g/mol. The van der Waals surface area contributed by atoms with E-state index in [-0.39, 0.29) is 0 Å². The number of rotatable bonds is 0. The summed E-state index contributed by atoms with van der Waals surface area (Å²) < 4.78 is 0. The summed E-state index contributed by atoms with van der Waals surface area (Å²) in [6, 6.07) is 0. The van der Waals surface area contributed by atoms with Crippen LogP contribution >= 0.6 is 0 Å². The summed E-state index contributed by atoms with van der Waals surface area (Å²) in [4.78, 5) is 7.75. The fraction of sp³-hybridized carbons (Fsp3) is 0.500. The molecule has 62 valence electrons. The number of nitrogen functional groups attached to an aromatic ring is 1. The predicted molar refractivity (Wildman–Crippen MR) is 47.3 cm³/mol. The molecule has 0 aliphatic rings. The molecule has 0 bridgehead atoms. The monoisotopic (exact) mass is 153 g/mol. The Morgan fingerprint density at radius 3 is 2.09 bits per heavy atom. The molecule has 2 N–H and O–H groups in total. The molecule has 1 aromatic rings. The van der Waals surface area contributed by atoms with E-state index in [1.54, 1.807) is 0 Å². The zero-order chi connectivity index (χ0) is 8.85. The van der Waals surface area contributed by atoms with Crippen molar-refractivity contribution in [2.45, 2.75) is 27.7 Å². The zero-order valence-corrected chi connectivity index (χ0v) is 7.55. The molecular formula is C8H15N3. The van der Waals surface area contributed by atoms with Gasteiger partial charge in [-0.1, -0.05) is 13.8 Å². The van der Waals surface area contributed by atoms with Crippen LogP contribution in [0, 0.1) is 13.8 Å². The van der Waals surface area contributed by atoms with Crippen LogP contribution in [0.3, 0.4) is 0 Å². The maximum atomic E-state index is 5.47. The highest BCUT2D eigenvalue weighted by Crippen LogP contribution is 2.06. The topological polar surface area (TPSA) is 51.8 Å². The van der Waals surface area contributed by atoms with Crippen molar-refractivity contribution in [3.63, 3.8) is 0 Å².